The SMILES string of the molecule is Cc1ccc2c(c1)c1ncn(Cc3nc(C)no3)c(=O)c1n2Cc1cccc(Cl)c1. The lowest BCUT2D eigenvalue weighted by Crippen LogP contribution is -2.23. The number of rotatable bonds is 4. The van der Waals surface area contributed by atoms with Crippen molar-refractivity contribution in [2.45, 2.75) is 26.9 Å². The summed E-state index contributed by atoms with van der Waals surface area (Å²) in [7, 11) is 0. The molecule has 0 radical (unpaired) electrons. The molecule has 150 valence electrons. The van der Waals surface area contributed by atoms with Gasteiger partial charge in [0.25, 0.3) is 5.56 Å². The molecule has 0 spiro atoms. The molecule has 5 aromatic rings. The third-order valence-electron chi connectivity index (χ3n) is 5.09. The van der Waals surface area contributed by atoms with Gasteiger partial charge in [0.05, 0.1) is 11.8 Å². The Morgan fingerprint density at radius 3 is 2.73 bits per heavy atom. The van der Waals surface area contributed by atoms with Crippen LogP contribution in [0.2, 0.25) is 5.02 Å². The van der Waals surface area contributed by atoms with Gasteiger partial charge in [0.1, 0.15) is 17.6 Å². The Hall–Kier alpha value is -3.45. The van der Waals surface area contributed by atoms with Crippen LogP contribution in [0, 0.1) is 13.8 Å². The van der Waals surface area contributed by atoms with Crippen molar-refractivity contribution in [1.82, 2.24) is 24.3 Å². The van der Waals surface area contributed by atoms with Crippen LogP contribution in [0.5, 0.6) is 0 Å². The third kappa shape index (κ3) is 3.17. The largest absolute Gasteiger partial charge is 0.337 e. The molecule has 0 bridgehead atoms. The van der Waals surface area contributed by atoms with Gasteiger partial charge in [0.15, 0.2) is 5.82 Å². The van der Waals surface area contributed by atoms with Gasteiger partial charge in [-0.3, -0.25) is 9.36 Å². The fourth-order valence-electron chi connectivity index (χ4n) is 3.76. The summed E-state index contributed by atoms with van der Waals surface area (Å²) in [6, 6.07) is 13.8. The van der Waals surface area contributed by atoms with Gasteiger partial charge < -0.3 is 9.09 Å². The Bertz CT molecular complexity index is 1460. The molecule has 0 aliphatic carbocycles. The number of fused-ring (bicyclic) bond motifs is 3. The molecule has 7 nitrogen and oxygen atoms in total. The van der Waals surface area contributed by atoms with Gasteiger partial charge in [0.2, 0.25) is 5.89 Å². The fraction of sp³-hybridized carbons (Fsp3) is 0.182. The number of hydrogen-bond acceptors (Lipinski definition) is 5. The standard InChI is InChI=1S/C22H18ClN5O2/c1-13-6-7-18-17(8-13)20-21(28(18)10-15-4-3-5-16(23)9-15)22(29)27(12-24-20)11-19-25-14(2)26-30-19/h3-9,12H,10-11H2,1-2H3. The zero-order chi connectivity index (χ0) is 20.8. The zero-order valence-electron chi connectivity index (χ0n) is 16.5. The minimum absolute atomic E-state index is 0.160. The second-order valence-electron chi connectivity index (χ2n) is 7.35. The van der Waals surface area contributed by atoms with E-state index in [4.69, 9.17) is 16.1 Å². The van der Waals surface area contributed by atoms with Crippen LogP contribution >= 0.6 is 11.6 Å². The molecule has 2 aromatic carbocycles. The first-order valence-electron chi connectivity index (χ1n) is 9.51. The van der Waals surface area contributed by atoms with Crippen molar-refractivity contribution in [2.75, 3.05) is 0 Å². The van der Waals surface area contributed by atoms with Gasteiger partial charge in [-0.2, -0.15) is 4.98 Å². The lowest BCUT2D eigenvalue weighted by molar-refractivity contribution is 0.366. The molecular weight excluding hydrogens is 402 g/mol. The minimum atomic E-state index is -0.160. The maximum atomic E-state index is 13.5. The van der Waals surface area contributed by atoms with Gasteiger partial charge in [-0.05, 0) is 43.7 Å². The Morgan fingerprint density at radius 1 is 1.10 bits per heavy atom. The number of aryl methyl sites for hydroxylation is 2. The van der Waals surface area contributed by atoms with E-state index >= 15 is 0 Å². The van der Waals surface area contributed by atoms with E-state index in [-0.39, 0.29) is 12.1 Å². The van der Waals surface area contributed by atoms with E-state index in [0.29, 0.717) is 34.3 Å². The Labute approximate surface area is 176 Å². The first kappa shape index (κ1) is 18.6. The Morgan fingerprint density at radius 2 is 1.97 bits per heavy atom. The highest BCUT2D eigenvalue weighted by Gasteiger charge is 2.18. The molecule has 0 amide bonds. The van der Waals surface area contributed by atoms with E-state index < -0.39 is 0 Å². The Kier molecular flexibility index (Phi) is 4.40. The van der Waals surface area contributed by atoms with E-state index in [1.54, 1.807) is 6.92 Å². The van der Waals surface area contributed by atoms with Crippen molar-refractivity contribution in [3.05, 3.63) is 87.0 Å². The van der Waals surface area contributed by atoms with Gasteiger partial charge in [0, 0.05) is 17.0 Å². The second kappa shape index (κ2) is 7.11. The minimum Gasteiger partial charge on any atom is -0.337 e. The molecule has 5 rings (SSSR count). The smallest absolute Gasteiger partial charge is 0.278 e. The number of halogens is 1. The fourth-order valence-corrected chi connectivity index (χ4v) is 3.97. The van der Waals surface area contributed by atoms with Gasteiger partial charge in [-0.1, -0.05) is 40.5 Å². The third-order valence-corrected chi connectivity index (χ3v) is 5.32. The van der Waals surface area contributed by atoms with Gasteiger partial charge >= 0.3 is 0 Å². The van der Waals surface area contributed by atoms with Crippen LogP contribution in [0.3, 0.4) is 0 Å². The quantitative estimate of drug-likeness (QED) is 0.438. The van der Waals surface area contributed by atoms with Crippen LogP contribution in [0.15, 0.2) is 58.1 Å². The Balaban J connectivity index is 1.74. The van der Waals surface area contributed by atoms with Gasteiger partial charge in [-0.15, -0.1) is 0 Å². The average Bonchev–Trinajstić information content (AvgIpc) is 3.25. The highest BCUT2D eigenvalue weighted by Crippen LogP contribution is 2.27. The first-order chi connectivity index (χ1) is 14.5. The van der Waals surface area contributed by atoms with E-state index in [2.05, 4.69) is 21.2 Å². The average molecular weight is 420 g/mol. The molecule has 0 aliphatic rings. The van der Waals surface area contributed by atoms with Crippen molar-refractivity contribution in [3.63, 3.8) is 0 Å². The maximum absolute atomic E-state index is 13.5. The summed E-state index contributed by atoms with van der Waals surface area (Å²) in [6.45, 7) is 4.44. The van der Waals surface area contributed by atoms with Crippen molar-refractivity contribution in [1.29, 1.82) is 0 Å². The van der Waals surface area contributed by atoms with Crippen LogP contribution in [0.1, 0.15) is 22.8 Å². The summed E-state index contributed by atoms with van der Waals surface area (Å²) in [4.78, 5) is 22.3. The zero-order valence-corrected chi connectivity index (χ0v) is 17.2. The van der Waals surface area contributed by atoms with E-state index in [1.165, 1.54) is 10.9 Å². The molecule has 3 heterocycles. The van der Waals surface area contributed by atoms with Crippen molar-refractivity contribution < 1.29 is 4.52 Å². The number of aromatic nitrogens is 5. The topological polar surface area (TPSA) is 78.7 Å². The first-order valence-corrected chi connectivity index (χ1v) is 9.89. The molecule has 3 aromatic heterocycles. The number of benzene rings is 2. The molecule has 30 heavy (non-hydrogen) atoms. The molecule has 0 unspecified atom stereocenters. The summed E-state index contributed by atoms with van der Waals surface area (Å²) >= 11 is 6.18. The summed E-state index contributed by atoms with van der Waals surface area (Å²) in [5.74, 6) is 0.890. The number of nitrogens with zero attached hydrogens (tertiary/aromatic N) is 5. The van der Waals surface area contributed by atoms with Crippen LogP contribution < -0.4 is 5.56 Å². The van der Waals surface area contributed by atoms with Crippen LogP contribution in [0.4, 0.5) is 0 Å². The second-order valence-corrected chi connectivity index (χ2v) is 7.78. The molecule has 0 atom stereocenters. The summed E-state index contributed by atoms with van der Waals surface area (Å²) in [6.07, 6.45) is 1.54. The summed E-state index contributed by atoms with van der Waals surface area (Å²) in [5.41, 5.74) is 4.12. The maximum Gasteiger partial charge on any atom is 0.278 e. The normalized spacial score (nSPS) is 11.6. The molecular formula is C22H18ClN5O2. The highest BCUT2D eigenvalue weighted by molar-refractivity contribution is 6.30. The molecule has 0 fully saturated rings. The summed E-state index contributed by atoms with van der Waals surface area (Å²) < 4.78 is 8.68. The molecule has 0 N–H and O–H groups in total. The van der Waals surface area contributed by atoms with Crippen molar-refractivity contribution >= 4 is 33.5 Å². The van der Waals surface area contributed by atoms with Crippen LogP contribution in [0.25, 0.3) is 21.9 Å². The lowest BCUT2D eigenvalue weighted by atomic mass is 10.1. The van der Waals surface area contributed by atoms with Crippen molar-refractivity contribution in [3.8, 4) is 0 Å². The lowest BCUT2D eigenvalue weighted by Gasteiger charge is -2.09. The monoisotopic (exact) mass is 419 g/mol. The number of hydrogen-bond donors (Lipinski definition) is 0. The molecule has 0 aliphatic heterocycles. The predicted molar refractivity (Wildman–Crippen MR) is 115 cm³/mol. The molecule has 0 saturated carbocycles. The molecule has 8 heteroatoms. The van der Waals surface area contributed by atoms with E-state index in [1.807, 2.05) is 47.9 Å². The van der Waals surface area contributed by atoms with Crippen LogP contribution in [-0.2, 0) is 13.1 Å². The van der Waals surface area contributed by atoms with Gasteiger partial charge in [-0.25, -0.2) is 4.98 Å². The summed E-state index contributed by atoms with van der Waals surface area (Å²) in [5, 5.41) is 5.40. The van der Waals surface area contributed by atoms with E-state index in [0.717, 1.165) is 22.0 Å². The molecule has 0 saturated heterocycles. The van der Waals surface area contributed by atoms with Crippen molar-refractivity contribution in [2.24, 2.45) is 0 Å². The van der Waals surface area contributed by atoms with Crippen LogP contribution in [-0.4, -0.2) is 24.3 Å². The predicted octanol–water partition coefficient (Wildman–Crippen LogP) is 4.10. The van der Waals surface area contributed by atoms with E-state index in [9.17, 15) is 4.79 Å². The highest BCUT2D eigenvalue weighted by atomic mass is 35.5.